The van der Waals surface area contributed by atoms with Crippen LogP contribution in [0.15, 0.2) is 36.5 Å². The summed E-state index contributed by atoms with van der Waals surface area (Å²) in [5.74, 6) is 0. The van der Waals surface area contributed by atoms with Gasteiger partial charge in [-0.05, 0) is 37.1 Å². The standard InChI is InChI=1S/C15H18N2O/c18-15(14-7-3-4-9-16-14)12-8-10-17-13-6-2-1-5-11(12)13/h1-2,5-6,8,10,14-16,18H,3-4,7,9H2/t14-,15-/m1/s1. The van der Waals surface area contributed by atoms with Crippen molar-refractivity contribution < 1.29 is 5.11 Å². The van der Waals surface area contributed by atoms with Gasteiger partial charge in [0.25, 0.3) is 0 Å². The third-order valence-corrected chi connectivity index (χ3v) is 3.73. The normalized spacial score (nSPS) is 21.9. The summed E-state index contributed by atoms with van der Waals surface area (Å²) in [6, 6.07) is 10.1. The first kappa shape index (κ1) is 11.6. The number of aliphatic hydroxyl groups excluding tert-OH is 1. The Labute approximate surface area is 107 Å². The minimum atomic E-state index is -0.446. The molecular formula is C15H18N2O. The van der Waals surface area contributed by atoms with Crippen LogP contribution in [0.3, 0.4) is 0 Å². The third-order valence-electron chi connectivity index (χ3n) is 3.73. The molecule has 2 N–H and O–H groups in total. The van der Waals surface area contributed by atoms with Crippen LogP contribution in [-0.4, -0.2) is 22.7 Å². The van der Waals surface area contributed by atoms with E-state index in [-0.39, 0.29) is 6.04 Å². The van der Waals surface area contributed by atoms with Crippen molar-refractivity contribution in [2.75, 3.05) is 6.54 Å². The van der Waals surface area contributed by atoms with Crippen LogP contribution in [0.5, 0.6) is 0 Å². The van der Waals surface area contributed by atoms with Crippen LogP contribution < -0.4 is 5.32 Å². The van der Waals surface area contributed by atoms with Crippen molar-refractivity contribution in [3.05, 3.63) is 42.1 Å². The quantitative estimate of drug-likeness (QED) is 0.850. The Kier molecular flexibility index (Phi) is 3.26. The largest absolute Gasteiger partial charge is 0.387 e. The van der Waals surface area contributed by atoms with Crippen LogP contribution in [0.25, 0.3) is 10.9 Å². The van der Waals surface area contributed by atoms with Gasteiger partial charge in [0.15, 0.2) is 0 Å². The summed E-state index contributed by atoms with van der Waals surface area (Å²) in [6.07, 6.45) is 4.78. The fourth-order valence-corrected chi connectivity index (χ4v) is 2.74. The summed E-state index contributed by atoms with van der Waals surface area (Å²) in [5, 5.41) is 15.0. The van der Waals surface area contributed by atoms with E-state index in [9.17, 15) is 5.11 Å². The maximum absolute atomic E-state index is 10.6. The predicted octanol–water partition coefficient (Wildman–Crippen LogP) is 2.41. The van der Waals surface area contributed by atoms with Gasteiger partial charge < -0.3 is 10.4 Å². The predicted molar refractivity (Wildman–Crippen MR) is 72.3 cm³/mol. The van der Waals surface area contributed by atoms with Crippen LogP contribution in [-0.2, 0) is 0 Å². The zero-order chi connectivity index (χ0) is 12.4. The number of hydrogen-bond donors (Lipinski definition) is 2. The highest BCUT2D eigenvalue weighted by molar-refractivity contribution is 5.82. The van der Waals surface area contributed by atoms with Gasteiger partial charge in [-0.1, -0.05) is 24.6 Å². The Morgan fingerprint density at radius 1 is 1.22 bits per heavy atom. The molecule has 1 aliphatic heterocycles. The van der Waals surface area contributed by atoms with Gasteiger partial charge >= 0.3 is 0 Å². The molecule has 1 saturated heterocycles. The number of nitrogens with zero attached hydrogens (tertiary/aromatic N) is 1. The van der Waals surface area contributed by atoms with Crippen molar-refractivity contribution in [2.45, 2.75) is 31.4 Å². The Balaban J connectivity index is 1.97. The first-order valence-corrected chi connectivity index (χ1v) is 6.61. The van der Waals surface area contributed by atoms with Gasteiger partial charge in [0, 0.05) is 17.6 Å². The molecule has 3 rings (SSSR count). The summed E-state index contributed by atoms with van der Waals surface area (Å²) in [5.41, 5.74) is 1.94. The zero-order valence-electron chi connectivity index (χ0n) is 10.3. The number of aromatic nitrogens is 1. The molecule has 2 aromatic rings. The minimum absolute atomic E-state index is 0.171. The molecule has 0 unspecified atom stereocenters. The molecule has 2 atom stereocenters. The highest BCUT2D eigenvalue weighted by Gasteiger charge is 2.23. The smallest absolute Gasteiger partial charge is 0.0950 e. The first-order valence-electron chi connectivity index (χ1n) is 6.61. The van der Waals surface area contributed by atoms with Crippen LogP contribution in [0.2, 0.25) is 0 Å². The Bertz CT molecular complexity index is 530. The fourth-order valence-electron chi connectivity index (χ4n) is 2.74. The first-order chi connectivity index (χ1) is 8.86. The monoisotopic (exact) mass is 242 g/mol. The summed E-state index contributed by atoms with van der Waals surface area (Å²) in [4.78, 5) is 4.34. The number of para-hydroxylation sites is 1. The van der Waals surface area contributed by atoms with E-state index < -0.39 is 6.10 Å². The van der Waals surface area contributed by atoms with Gasteiger partial charge in [0.1, 0.15) is 0 Å². The second-order valence-corrected chi connectivity index (χ2v) is 4.92. The number of rotatable bonds is 2. The van der Waals surface area contributed by atoms with Crippen LogP contribution in [0, 0.1) is 0 Å². The number of aliphatic hydroxyl groups is 1. The fraction of sp³-hybridized carbons (Fsp3) is 0.400. The molecule has 1 aromatic carbocycles. The average Bonchev–Trinajstić information content (AvgIpc) is 2.47. The van der Waals surface area contributed by atoms with E-state index in [0.717, 1.165) is 29.4 Å². The van der Waals surface area contributed by atoms with E-state index in [1.807, 2.05) is 30.3 Å². The molecule has 0 bridgehead atoms. The lowest BCUT2D eigenvalue weighted by Crippen LogP contribution is -2.38. The lowest BCUT2D eigenvalue weighted by Gasteiger charge is -2.28. The van der Waals surface area contributed by atoms with Crippen molar-refractivity contribution in [1.82, 2.24) is 10.3 Å². The number of pyridine rings is 1. The molecule has 1 aliphatic rings. The third kappa shape index (κ3) is 2.11. The molecule has 94 valence electrons. The van der Waals surface area contributed by atoms with Crippen LogP contribution in [0.4, 0.5) is 0 Å². The van der Waals surface area contributed by atoms with E-state index >= 15 is 0 Å². The molecule has 3 nitrogen and oxygen atoms in total. The second kappa shape index (κ2) is 5.04. The molecule has 1 fully saturated rings. The van der Waals surface area contributed by atoms with Crippen LogP contribution >= 0.6 is 0 Å². The van der Waals surface area contributed by atoms with Crippen molar-refractivity contribution in [2.24, 2.45) is 0 Å². The molecule has 18 heavy (non-hydrogen) atoms. The van der Waals surface area contributed by atoms with Gasteiger partial charge in [0.2, 0.25) is 0 Å². The molecule has 0 aliphatic carbocycles. The SMILES string of the molecule is O[C@H](c1ccnc2ccccc12)[C@H]1CCCCN1. The average molecular weight is 242 g/mol. The lowest BCUT2D eigenvalue weighted by atomic mass is 9.93. The molecular weight excluding hydrogens is 224 g/mol. The summed E-state index contributed by atoms with van der Waals surface area (Å²) in [7, 11) is 0. The molecule has 0 radical (unpaired) electrons. The molecule has 0 saturated carbocycles. The van der Waals surface area contributed by atoms with Gasteiger partial charge in [-0.15, -0.1) is 0 Å². The topological polar surface area (TPSA) is 45.2 Å². The zero-order valence-corrected chi connectivity index (χ0v) is 10.3. The highest BCUT2D eigenvalue weighted by Crippen LogP contribution is 2.27. The van der Waals surface area contributed by atoms with Gasteiger partial charge in [-0.25, -0.2) is 0 Å². The van der Waals surface area contributed by atoms with Crippen molar-refractivity contribution in [3.8, 4) is 0 Å². The number of benzene rings is 1. The summed E-state index contributed by atoms with van der Waals surface area (Å²) >= 11 is 0. The lowest BCUT2D eigenvalue weighted by molar-refractivity contribution is 0.115. The van der Waals surface area contributed by atoms with Crippen molar-refractivity contribution >= 4 is 10.9 Å². The van der Waals surface area contributed by atoms with E-state index in [0.29, 0.717) is 0 Å². The molecule has 0 spiro atoms. The molecule has 1 aromatic heterocycles. The Morgan fingerprint density at radius 3 is 2.94 bits per heavy atom. The highest BCUT2D eigenvalue weighted by atomic mass is 16.3. The Morgan fingerprint density at radius 2 is 2.11 bits per heavy atom. The van der Waals surface area contributed by atoms with E-state index in [1.54, 1.807) is 6.20 Å². The number of hydrogen-bond acceptors (Lipinski definition) is 3. The van der Waals surface area contributed by atoms with Crippen molar-refractivity contribution in [1.29, 1.82) is 0 Å². The maximum Gasteiger partial charge on any atom is 0.0950 e. The summed E-state index contributed by atoms with van der Waals surface area (Å²) in [6.45, 7) is 1.00. The van der Waals surface area contributed by atoms with E-state index in [4.69, 9.17) is 0 Å². The van der Waals surface area contributed by atoms with E-state index in [2.05, 4.69) is 10.3 Å². The van der Waals surface area contributed by atoms with Gasteiger partial charge in [0.05, 0.1) is 11.6 Å². The second-order valence-electron chi connectivity index (χ2n) is 4.92. The van der Waals surface area contributed by atoms with Gasteiger partial charge in [-0.3, -0.25) is 4.98 Å². The maximum atomic E-state index is 10.6. The van der Waals surface area contributed by atoms with Gasteiger partial charge in [-0.2, -0.15) is 0 Å². The van der Waals surface area contributed by atoms with E-state index in [1.165, 1.54) is 12.8 Å². The van der Waals surface area contributed by atoms with Crippen molar-refractivity contribution in [3.63, 3.8) is 0 Å². The number of nitrogens with one attached hydrogen (secondary N) is 1. The molecule has 0 amide bonds. The number of piperidine rings is 1. The molecule has 2 heterocycles. The minimum Gasteiger partial charge on any atom is -0.387 e. The number of fused-ring (bicyclic) bond motifs is 1. The Hall–Kier alpha value is -1.45. The summed E-state index contributed by atoms with van der Waals surface area (Å²) < 4.78 is 0. The molecule has 3 heteroatoms. The van der Waals surface area contributed by atoms with Crippen LogP contribution in [0.1, 0.15) is 30.9 Å².